The molecule has 130 valence electrons. The van der Waals surface area contributed by atoms with Gasteiger partial charge >= 0.3 is 0 Å². The van der Waals surface area contributed by atoms with Gasteiger partial charge in [-0.05, 0) is 31.0 Å². The standard InChI is InChI=1S/C18H24N2O3S/c1-3-4-9-19-16(21)12-14-5-7-15(8-6-14)20-18(22)17-13(2)23-10-11-24-17/h5-8H,3-4,9-12H2,1-2H3,(H,19,21)(H,20,22). The monoisotopic (exact) mass is 348 g/mol. The highest BCUT2D eigenvalue weighted by atomic mass is 32.2. The van der Waals surface area contributed by atoms with E-state index in [1.807, 2.05) is 24.3 Å². The van der Waals surface area contributed by atoms with Crippen LogP contribution in [0.5, 0.6) is 0 Å². The lowest BCUT2D eigenvalue weighted by molar-refractivity contribution is -0.120. The van der Waals surface area contributed by atoms with E-state index in [9.17, 15) is 9.59 Å². The molecular weight excluding hydrogens is 324 g/mol. The maximum Gasteiger partial charge on any atom is 0.265 e. The average molecular weight is 348 g/mol. The van der Waals surface area contributed by atoms with Crippen molar-refractivity contribution in [1.82, 2.24) is 5.32 Å². The van der Waals surface area contributed by atoms with Crippen LogP contribution in [0.1, 0.15) is 32.3 Å². The van der Waals surface area contributed by atoms with Gasteiger partial charge in [0.05, 0.1) is 13.0 Å². The molecule has 0 atom stereocenters. The number of hydrogen-bond acceptors (Lipinski definition) is 4. The zero-order chi connectivity index (χ0) is 17.4. The molecule has 1 aliphatic rings. The van der Waals surface area contributed by atoms with Gasteiger partial charge in [-0.2, -0.15) is 0 Å². The van der Waals surface area contributed by atoms with Gasteiger partial charge in [0.2, 0.25) is 5.91 Å². The van der Waals surface area contributed by atoms with Crippen molar-refractivity contribution < 1.29 is 14.3 Å². The Kier molecular flexibility index (Phi) is 7.18. The first kappa shape index (κ1) is 18.4. The fraction of sp³-hybridized carbons (Fsp3) is 0.444. The molecule has 0 spiro atoms. The third-order valence-electron chi connectivity index (χ3n) is 3.60. The number of unbranched alkanes of at least 4 members (excludes halogenated alkanes) is 1. The topological polar surface area (TPSA) is 67.4 Å². The normalized spacial score (nSPS) is 14.1. The Morgan fingerprint density at radius 1 is 1.25 bits per heavy atom. The summed E-state index contributed by atoms with van der Waals surface area (Å²) in [5, 5.41) is 5.76. The van der Waals surface area contributed by atoms with E-state index in [0.717, 1.165) is 30.7 Å². The van der Waals surface area contributed by atoms with Crippen molar-refractivity contribution in [3.63, 3.8) is 0 Å². The summed E-state index contributed by atoms with van der Waals surface area (Å²) >= 11 is 1.51. The zero-order valence-electron chi connectivity index (χ0n) is 14.2. The fourth-order valence-corrected chi connectivity index (χ4v) is 3.09. The van der Waals surface area contributed by atoms with Gasteiger partial charge in [0.15, 0.2) is 0 Å². The van der Waals surface area contributed by atoms with E-state index in [1.165, 1.54) is 11.8 Å². The van der Waals surface area contributed by atoms with Crippen molar-refractivity contribution in [3.05, 3.63) is 40.5 Å². The molecule has 1 aromatic carbocycles. The van der Waals surface area contributed by atoms with Crippen molar-refractivity contribution in [2.75, 3.05) is 24.2 Å². The van der Waals surface area contributed by atoms with Crippen LogP contribution in [0.25, 0.3) is 0 Å². The highest BCUT2D eigenvalue weighted by Gasteiger charge is 2.18. The number of benzene rings is 1. The first-order valence-electron chi connectivity index (χ1n) is 8.23. The van der Waals surface area contributed by atoms with Crippen molar-refractivity contribution in [1.29, 1.82) is 0 Å². The summed E-state index contributed by atoms with van der Waals surface area (Å²) in [5.41, 5.74) is 1.63. The molecule has 2 rings (SSSR count). The predicted molar refractivity (Wildman–Crippen MR) is 97.8 cm³/mol. The van der Waals surface area contributed by atoms with Gasteiger partial charge in [0.1, 0.15) is 10.7 Å². The number of anilines is 1. The zero-order valence-corrected chi connectivity index (χ0v) is 15.0. The summed E-state index contributed by atoms with van der Waals surface area (Å²) in [7, 11) is 0. The number of amides is 2. The van der Waals surface area contributed by atoms with E-state index < -0.39 is 0 Å². The number of hydrogen-bond donors (Lipinski definition) is 2. The molecule has 0 saturated carbocycles. The largest absolute Gasteiger partial charge is 0.496 e. The van der Waals surface area contributed by atoms with E-state index in [0.29, 0.717) is 29.4 Å². The second-order valence-corrected chi connectivity index (χ2v) is 6.72. The van der Waals surface area contributed by atoms with Gasteiger partial charge in [0.25, 0.3) is 5.91 Å². The highest BCUT2D eigenvalue weighted by Crippen LogP contribution is 2.26. The van der Waals surface area contributed by atoms with Gasteiger partial charge in [-0.15, -0.1) is 11.8 Å². The fourth-order valence-electron chi connectivity index (χ4n) is 2.28. The van der Waals surface area contributed by atoms with E-state index in [1.54, 1.807) is 6.92 Å². The number of thioether (sulfide) groups is 1. The van der Waals surface area contributed by atoms with Crippen molar-refractivity contribution in [2.45, 2.75) is 33.1 Å². The molecule has 1 heterocycles. The average Bonchev–Trinajstić information content (AvgIpc) is 2.57. The molecule has 2 N–H and O–H groups in total. The third-order valence-corrected chi connectivity index (χ3v) is 4.74. The molecule has 1 aliphatic heterocycles. The highest BCUT2D eigenvalue weighted by molar-refractivity contribution is 8.04. The van der Waals surface area contributed by atoms with E-state index >= 15 is 0 Å². The first-order valence-corrected chi connectivity index (χ1v) is 9.22. The van der Waals surface area contributed by atoms with Crippen molar-refractivity contribution >= 4 is 29.3 Å². The number of ether oxygens (including phenoxy) is 1. The Labute approximate surface area is 147 Å². The number of carbonyl (C=O) groups is 2. The molecule has 0 saturated heterocycles. The molecule has 0 fully saturated rings. The lowest BCUT2D eigenvalue weighted by Crippen LogP contribution is -2.25. The van der Waals surface area contributed by atoms with E-state index in [-0.39, 0.29) is 11.8 Å². The minimum atomic E-state index is -0.151. The summed E-state index contributed by atoms with van der Waals surface area (Å²) in [4.78, 5) is 24.7. The Hall–Kier alpha value is -1.95. The molecule has 2 amide bonds. The van der Waals surface area contributed by atoms with Gasteiger partial charge in [-0.25, -0.2) is 0 Å². The van der Waals surface area contributed by atoms with Gasteiger partial charge in [-0.1, -0.05) is 25.5 Å². The molecule has 5 nitrogen and oxygen atoms in total. The van der Waals surface area contributed by atoms with Crippen LogP contribution in [-0.2, 0) is 20.7 Å². The molecule has 0 unspecified atom stereocenters. The number of carbonyl (C=O) groups excluding carboxylic acids is 2. The molecular formula is C18H24N2O3S. The Morgan fingerprint density at radius 3 is 2.67 bits per heavy atom. The molecule has 0 aliphatic carbocycles. The second-order valence-electron chi connectivity index (χ2n) is 5.61. The quantitative estimate of drug-likeness (QED) is 0.743. The molecule has 6 heteroatoms. The number of nitrogens with one attached hydrogen (secondary N) is 2. The van der Waals surface area contributed by atoms with Crippen LogP contribution in [0.15, 0.2) is 34.9 Å². The maximum absolute atomic E-state index is 12.3. The molecule has 0 aromatic heterocycles. The SMILES string of the molecule is CCCCNC(=O)Cc1ccc(NC(=O)C2=C(C)OCCS2)cc1. The molecule has 24 heavy (non-hydrogen) atoms. The van der Waals surface area contributed by atoms with Crippen LogP contribution in [0.2, 0.25) is 0 Å². The minimum absolute atomic E-state index is 0.0248. The summed E-state index contributed by atoms with van der Waals surface area (Å²) in [5.74, 6) is 1.33. The lowest BCUT2D eigenvalue weighted by Gasteiger charge is -2.17. The number of allylic oxidation sites excluding steroid dienone is 1. The van der Waals surface area contributed by atoms with E-state index in [2.05, 4.69) is 17.6 Å². The van der Waals surface area contributed by atoms with Gasteiger partial charge in [0, 0.05) is 18.0 Å². The van der Waals surface area contributed by atoms with Crippen LogP contribution in [0.4, 0.5) is 5.69 Å². The minimum Gasteiger partial charge on any atom is -0.496 e. The summed E-state index contributed by atoms with van der Waals surface area (Å²) in [6.07, 6.45) is 2.41. The number of rotatable bonds is 7. The van der Waals surface area contributed by atoms with Crippen LogP contribution in [-0.4, -0.2) is 30.7 Å². The molecule has 1 aromatic rings. The Bertz CT molecular complexity index is 611. The van der Waals surface area contributed by atoms with E-state index in [4.69, 9.17) is 4.74 Å². The summed E-state index contributed by atoms with van der Waals surface area (Å²) in [6, 6.07) is 7.36. The second kappa shape index (κ2) is 9.37. The first-order chi connectivity index (χ1) is 11.6. The van der Waals surface area contributed by atoms with Crippen LogP contribution < -0.4 is 10.6 Å². The predicted octanol–water partition coefficient (Wildman–Crippen LogP) is 3.08. The van der Waals surface area contributed by atoms with Crippen molar-refractivity contribution in [3.8, 4) is 0 Å². The summed E-state index contributed by atoms with van der Waals surface area (Å²) in [6.45, 7) is 5.26. The Balaban J connectivity index is 1.87. The maximum atomic E-state index is 12.3. The lowest BCUT2D eigenvalue weighted by atomic mass is 10.1. The Morgan fingerprint density at radius 2 is 2.00 bits per heavy atom. The van der Waals surface area contributed by atoms with Crippen LogP contribution >= 0.6 is 11.8 Å². The van der Waals surface area contributed by atoms with Crippen LogP contribution in [0.3, 0.4) is 0 Å². The third kappa shape index (κ3) is 5.60. The summed E-state index contributed by atoms with van der Waals surface area (Å²) < 4.78 is 5.41. The smallest absolute Gasteiger partial charge is 0.265 e. The molecule has 0 bridgehead atoms. The van der Waals surface area contributed by atoms with Gasteiger partial charge < -0.3 is 15.4 Å². The van der Waals surface area contributed by atoms with Crippen molar-refractivity contribution in [2.24, 2.45) is 0 Å². The van der Waals surface area contributed by atoms with Crippen LogP contribution in [0, 0.1) is 0 Å². The molecule has 0 radical (unpaired) electrons. The van der Waals surface area contributed by atoms with Gasteiger partial charge in [-0.3, -0.25) is 9.59 Å².